The molecule has 4 heterocycles. The summed E-state index contributed by atoms with van der Waals surface area (Å²) in [4.78, 5) is 11.0. The van der Waals surface area contributed by atoms with Crippen LogP contribution in [0.4, 0.5) is 13.8 Å². The molecule has 0 saturated carbocycles. The van der Waals surface area contributed by atoms with Gasteiger partial charge in [0.2, 0.25) is 0 Å². The second-order valence-corrected chi connectivity index (χ2v) is 8.09. The maximum Gasteiger partial charge on any atom is 0.168 e. The van der Waals surface area contributed by atoms with Gasteiger partial charge in [-0.3, -0.25) is 0 Å². The number of aromatic nitrogens is 2. The van der Waals surface area contributed by atoms with Gasteiger partial charge in [0.1, 0.15) is 11.5 Å². The number of halogens is 2. The molecule has 1 N–H and O–H groups in total. The second-order valence-electron chi connectivity index (χ2n) is 7.03. The van der Waals surface area contributed by atoms with E-state index in [1.807, 2.05) is 6.07 Å². The van der Waals surface area contributed by atoms with Gasteiger partial charge in [-0.2, -0.15) is 0 Å². The van der Waals surface area contributed by atoms with Gasteiger partial charge >= 0.3 is 0 Å². The highest BCUT2D eigenvalue weighted by molar-refractivity contribution is 7.19. The second kappa shape index (κ2) is 7.70. The Morgan fingerprint density at radius 1 is 1.13 bits per heavy atom. The molecule has 0 radical (unpaired) electrons. The van der Waals surface area contributed by atoms with Gasteiger partial charge < -0.3 is 19.4 Å². The van der Waals surface area contributed by atoms with Gasteiger partial charge in [0.25, 0.3) is 0 Å². The predicted octanol–water partition coefficient (Wildman–Crippen LogP) is 5.08. The molecule has 0 aliphatic carbocycles. The van der Waals surface area contributed by atoms with Crippen LogP contribution in [0.3, 0.4) is 0 Å². The van der Waals surface area contributed by atoms with Crippen molar-refractivity contribution in [3.8, 4) is 27.3 Å². The summed E-state index contributed by atoms with van der Waals surface area (Å²) in [6.07, 6.45) is 3.51. The zero-order chi connectivity index (χ0) is 20.7. The van der Waals surface area contributed by atoms with Gasteiger partial charge in [0.05, 0.1) is 25.3 Å². The van der Waals surface area contributed by atoms with Gasteiger partial charge in [-0.25, -0.2) is 13.8 Å². The number of nitrogens with one attached hydrogen (secondary N) is 1. The number of anilines is 1. The molecular weight excluding hydrogens is 408 g/mol. The van der Waals surface area contributed by atoms with Crippen molar-refractivity contribution < 1.29 is 18.3 Å². The molecule has 5 rings (SSSR count). The summed E-state index contributed by atoms with van der Waals surface area (Å²) in [5.41, 5.74) is 2.58. The molecule has 0 atom stereocenters. The van der Waals surface area contributed by atoms with Crippen LogP contribution in [0.2, 0.25) is 0 Å². The summed E-state index contributed by atoms with van der Waals surface area (Å²) in [6, 6.07) is 8.27. The SMILES string of the molecule is COc1c(F)cc(F)cc1-c1c[nH]c2ncc(-c3ccc(N4CCOCC4)s3)cc12. The van der Waals surface area contributed by atoms with E-state index in [9.17, 15) is 8.78 Å². The Kier molecular flexibility index (Phi) is 4.88. The molecule has 154 valence electrons. The molecule has 0 amide bonds. The van der Waals surface area contributed by atoms with E-state index < -0.39 is 11.6 Å². The number of thiophene rings is 1. The standard InChI is InChI=1S/C22H19F2N3O2S/c1-28-21-15(9-14(23)10-18(21)24)17-12-26-22-16(17)8-13(11-25-22)19-2-3-20(30-19)27-4-6-29-7-5-27/h2-3,8-12H,4-7H2,1H3,(H,25,26). The van der Waals surface area contributed by atoms with Crippen LogP contribution < -0.4 is 9.64 Å². The number of benzene rings is 1. The van der Waals surface area contributed by atoms with Crippen LogP contribution in [0.1, 0.15) is 0 Å². The first kappa shape index (κ1) is 19.0. The first-order valence-electron chi connectivity index (χ1n) is 9.57. The summed E-state index contributed by atoms with van der Waals surface area (Å²) in [6.45, 7) is 3.23. The first-order chi connectivity index (χ1) is 14.6. The molecule has 4 aromatic rings. The van der Waals surface area contributed by atoms with Gasteiger partial charge in [-0.15, -0.1) is 11.3 Å². The van der Waals surface area contributed by atoms with Crippen LogP contribution in [0.25, 0.3) is 32.6 Å². The van der Waals surface area contributed by atoms with Crippen LogP contribution >= 0.6 is 11.3 Å². The molecule has 8 heteroatoms. The van der Waals surface area contributed by atoms with Crippen molar-refractivity contribution in [2.75, 3.05) is 38.3 Å². The summed E-state index contributed by atoms with van der Waals surface area (Å²) < 4.78 is 38.8. The lowest BCUT2D eigenvalue weighted by atomic mass is 10.0. The normalized spacial score (nSPS) is 14.4. The van der Waals surface area contributed by atoms with Gasteiger partial charge in [-0.05, 0) is 24.3 Å². The number of morpholine rings is 1. The fraction of sp³-hybridized carbons (Fsp3) is 0.227. The van der Waals surface area contributed by atoms with E-state index in [0.717, 1.165) is 48.2 Å². The van der Waals surface area contributed by atoms with Crippen molar-refractivity contribution >= 4 is 27.4 Å². The third-order valence-corrected chi connectivity index (χ3v) is 6.43. The van der Waals surface area contributed by atoms with Crippen LogP contribution in [-0.4, -0.2) is 43.4 Å². The van der Waals surface area contributed by atoms with Crippen molar-refractivity contribution in [3.63, 3.8) is 0 Å². The fourth-order valence-electron chi connectivity index (χ4n) is 3.77. The monoisotopic (exact) mass is 427 g/mol. The molecule has 0 unspecified atom stereocenters. The third kappa shape index (κ3) is 3.32. The van der Waals surface area contributed by atoms with Gasteiger partial charge in [0, 0.05) is 58.5 Å². The summed E-state index contributed by atoms with van der Waals surface area (Å²) in [7, 11) is 1.37. The van der Waals surface area contributed by atoms with E-state index in [1.54, 1.807) is 23.7 Å². The maximum absolute atomic E-state index is 14.2. The van der Waals surface area contributed by atoms with Crippen LogP contribution in [0.15, 0.2) is 42.7 Å². The third-order valence-electron chi connectivity index (χ3n) is 5.23. The van der Waals surface area contributed by atoms with E-state index in [4.69, 9.17) is 9.47 Å². The number of pyridine rings is 1. The Morgan fingerprint density at radius 3 is 2.77 bits per heavy atom. The lowest BCUT2D eigenvalue weighted by Crippen LogP contribution is -2.35. The molecule has 1 fully saturated rings. The summed E-state index contributed by atoms with van der Waals surface area (Å²) >= 11 is 1.69. The molecular formula is C22H19F2N3O2S. The largest absolute Gasteiger partial charge is 0.493 e. The summed E-state index contributed by atoms with van der Waals surface area (Å²) in [5.74, 6) is -1.39. The minimum atomic E-state index is -0.737. The molecule has 1 aromatic carbocycles. The molecule has 0 spiro atoms. The number of aromatic amines is 1. The average molecular weight is 427 g/mol. The number of methoxy groups -OCH3 is 1. The molecule has 1 aliphatic heterocycles. The lowest BCUT2D eigenvalue weighted by molar-refractivity contribution is 0.123. The summed E-state index contributed by atoms with van der Waals surface area (Å²) in [5, 5.41) is 1.97. The number of hydrogen-bond acceptors (Lipinski definition) is 5. The maximum atomic E-state index is 14.2. The Labute approximate surface area is 175 Å². The number of nitrogens with zero attached hydrogens (tertiary/aromatic N) is 2. The smallest absolute Gasteiger partial charge is 0.168 e. The molecule has 5 nitrogen and oxygen atoms in total. The number of H-pyrrole nitrogens is 1. The van der Waals surface area contributed by atoms with E-state index in [2.05, 4.69) is 27.0 Å². The minimum absolute atomic E-state index is 0.00781. The Hall–Kier alpha value is -2.97. The van der Waals surface area contributed by atoms with Crippen molar-refractivity contribution in [2.24, 2.45) is 0 Å². The van der Waals surface area contributed by atoms with E-state index >= 15 is 0 Å². The number of fused-ring (bicyclic) bond motifs is 1. The average Bonchev–Trinajstić information content (AvgIpc) is 3.41. The Morgan fingerprint density at radius 2 is 1.97 bits per heavy atom. The minimum Gasteiger partial charge on any atom is -0.493 e. The number of ether oxygens (including phenoxy) is 2. The zero-order valence-corrected chi connectivity index (χ0v) is 17.1. The number of hydrogen-bond donors (Lipinski definition) is 1. The lowest BCUT2D eigenvalue weighted by Gasteiger charge is -2.27. The highest BCUT2D eigenvalue weighted by Gasteiger charge is 2.19. The van der Waals surface area contributed by atoms with Crippen LogP contribution in [0.5, 0.6) is 5.75 Å². The van der Waals surface area contributed by atoms with Crippen molar-refractivity contribution in [1.29, 1.82) is 0 Å². The first-order valence-corrected chi connectivity index (χ1v) is 10.4. The highest BCUT2D eigenvalue weighted by atomic mass is 32.1. The highest BCUT2D eigenvalue weighted by Crippen LogP contribution is 2.40. The quantitative estimate of drug-likeness (QED) is 0.493. The van der Waals surface area contributed by atoms with E-state index in [0.29, 0.717) is 16.8 Å². The van der Waals surface area contributed by atoms with Crippen molar-refractivity contribution in [3.05, 3.63) is 54.4 Å². The fourth-order valence-corrected chi connectivity index (χ4v) is 4.80. The Balaban J connectivity index is 1.57. The molecule has 1 saturated heterocycles. The topological polar surface area (TPSA) is 50.4 Å². The molecule has 30 heavy (non-hydrogen) atoms. The van der Waals surface area contributed by atoms with Crippen LogP contribution in [-0.2, 0) is 4.74 Å². The molecule has 3 aromatic heterocycles. The zero-order valence-electron chi connectivity index (χ0n) is 16.2. The number of rotatable bonds is 4. The molecule has 0 bridgehead atoms. The van der Waals surface area contributed by atoms with Gasteiger partial charge in [0.15, 0.2) is 11.6 Å². The van der Waals surface area contributed by atoms with E-state index in [1.165, 1.54) is 18.2 Å². The molecule has 1 aliphatic rings. The predicted molar refractivity (Wildman–Crippen MR) is 114 cm³/mol. The van der Waals surface area contributed by atoms with Crippen molar-refractivity contribution in [2.45, 2.75) is 0 Å². The van der Waals surface area contributed by atoms with E-state index in [-0.39, 0.29) is 5.75 Å². The van der Waals surface area contributed by atoms with Crippen LogP contribution in [0, 0.1) is 11.6 Å². The van der Waals surface area contributed by atoms with Gasteiger partial charge in [-0.1, -0.05) is 0 Å². The van der Waals surface area contributed by atoms with Crippen molar-refractivity contribution in [1.82, 2.24) is 9.97 Å². The Bertz CT molecular complexity index is 1210.